The summed E-state index contributed by atoms with van der Waals surface area (Å²) in [7, 11) is 1.09. The highest BCUT2D eigenvalue weighted by Gasteiger charge is 2.35. The first-order valence-electron chi connectivity index (χ1n) is 8.59. The standard InChI is InChI=1S/C20H20F4O3/c1-4-5-6-13(25)15-18(23)16(21)14(17(22)19(15)24)12-9-10(2)7-8-11(12)20(26)27-3/h8-9,12H,4-7H2,1-3H3. The number of allylic oxidation sites excluding steroid dienone is 3. The second kappa shape index (κ2) is 8.50. The molecule has 0 fully saturated rings. The molecule has 1 aromatic carbocycles. The third kappa shape index (κ3) is 3.96. The van der Waals surface area contributed by atoms with Crippen molar-refractivity contribution in [1.82, 2.24) is 0 Å². The molecule has 27 heavy (non-hydrogen) atoms. The Morgan fingerprint density at radius 1 is 1.11 bits per heavy atom. The van der Waals surface area contributed by atoms with E-state index < -0.39 is 52.1 Å². The van der Waals surface area contributed by atoms with E-state index in [1.54, 1.807) is 13.8 Å². The maximum atomic E-state index is 14.7. The normalized spacial score (nSPS) is 16.6. The highest BCUT2D eigenvalue weighted by Crippen LogP contribution is 2.38. The van der Waals surface area contributed by atoms with Crippen LogP contribution in [0.3, 0.4) is 0 Å². The fraction of sp³-hybridized carbons (Fsp3) is 0.400. The van der Waals surface area contributed by atoms with Gasteiger partial charge in [-0.15, -0.1) is 0 Å². The van der Waals surface area contributed by atoms with Crippen molar-refractivity contribution in [3.05, 3.63) is 57.7 Å². The zero-order chi connectivity index (χ0) is 20.3. The lowest BCUT2D eigenvalue weighted by Crippen LogP contribution is -2.20. The number of esters is 1. The molecule has 2 rings (SSSR count). The second-order valence-electron chi connectivity index (χ2n) is 6.42. The van der Waals surface area contributed by atoms with E-state index in [1.165, 1.54) is 12.2 Å². The van der Waals surface area contributed by atoms with Gasteiger partial charge in [0.15, 0.2) is 29.1 Å². The Balaban J connectivity index is 2.64. The Morgan fingerprint density at radius 2 is 1.70 bits per heavy atom. The number of Topliss-reactive ketones (excluding diaryl/α,β-unsaturated/α-hetero) is 1. The Morgan fingerprint density at radius 3 is 2.22 bits per heavy atom. The van der Waals surface area contributed by atoms with Crippen LogP contribution in [0.2, 0.25) is 0 Å². The SMILES string of the molecule is CCCCC(=O)c1c(F)c(F)c(C2C=C(C)CC=C2C(=O)OC)c(F)c1F. The number of rotatable bonds is 6. The average molecular weight is 384 g/mol. The molecule has 0 amide bonds. The third-order valence-corrected chi connectivity index (χ3v) is 4.50. The minimum atomic E-state index is -1.74. The molecule has 0 saturated carbocycles. The summed E-state index contributed by atoms with van der Waals surface area (Å²) in [5.74, 6) is -10.1. The van der Waals surface area contributed by atoms with E-state index in [9.17, 15) is 27.2 Å². The first kappa shape index (κ1) is 20.9. The number of ether oxygens (including phenoxy) is 1. The minimum Gasteiger partial charge on any atom is -0.466 e. The van der Waals surface area contributed by atoms with E-state index in [4.69, 9.17) is 0 Å². The van der Waals surface area contributed by atoms with Gasteiger partial charge in [0.25, 0.3) is 0 Å². The largest absolute Gasteiger partial charge is 0.466 e. The molecular weight excluding hydrogens is 364 g/mol. The summed E-state index contributed by atoms with van der Waals surface area (Å²) in [5, 5.41) is 0. The molecule has 1 aromatic rings. The van der Waals surface area contributed by atoms with Crippen molar-refractivity contribution in [1.29, 1.82) is 0 Å². The number of unbranched alkanes of at least 4 members (excludes halogenated alkanes) is 1. The van der Waals surface area contributed by atoms with Gasteiger partial charge in [0.2, 0.25) is 0 Å². The second-order valence-corrected chi connectivity index (χ2v) is 6.42. The average Bonchev–Trinajstić information content (AvgIpc) is 2.64. The van der Waals surface area contributed by atoms with Crippen LogP contribution in [0.15, 0.2) is 23.3 Å². The number of halogens is 4. The molecule has 7 heteroatoms. The number of carbonyl (C=O) groups is 2. The molecule has 0 N–H and O–H groups in total. The van der Waals surface area contributed by atoms with Crippen LogP contribution in [0.1, 0.15) is 61.4 Å². The lowest BCUT2D eigenvalue weighted by atomic mass is 9.83. The topological polar surface area (TPSA) is 43.4 Å². The van der Waals surface area contributed by atoms with E-state index >= 15 is 0 Å². The first-order valence-corrected chi connectivity index (χ1v) is 8.59. The van der Waals surface area contributed by atoms with E-state index in [-0.39, 0.29) is 12.0 Å². The molecule has 1 aliphatic rings. The van der Waals surface area contributed by atoms with Gasteiger partial charge < -0.3 is 4.74 Å². The molecule has 146 valence electrons. The predicted molar refractivity (Wildman–Crippen MR) is 91.3 cm³/mol. The van der Waals surface area contributed by atoms with Gasteiger partial charge in [-0.2, -0.15) is 0 Å². The van der Waals surface area contributed by atoms with Crippen molar-refractivity contribution in [3.63, 3.8) is 0 Å². The zero-order valence-corrected chi connectivity index (χ0v) is 15.3. The molecule has 1 aliphatic carbocycles. The summed E-state index contributed by atoms with van der Waals surface area (Å²) in [6, 6.07) is 0. The predicted octanol–water partition coefficient (Wildman–Crippen LogP) is 5.15. The van der Waals surface area contributed by atoms with Gasteiger partial charge in [0, 0.05) is 23.5 Å². The van der Waals surface area contributed by atoms with E-state index in [0.29, 0.717) is 24.8 Å². The number of hydrogen-bond acceptors (Lipinski definition) is 3. The summed E-state index contributed by atoms with van der Waals surface area (Å²) in [6.07, 6.45) is 3.78. The van der Waals surface area contributed by atoms with Crippen LogP contribution in [0.5, 0.6) is 0 Å². The highest BCUT2D eigenvalue weighted by atomic mass is 19.2. The van der Waals surface area contributed by atoms with E-state index in [1.807, 2.05) is 0 Å². The molecule has 0 heterocycles. The zero-order valence-electron chi connectivity index (χ0n) is 15.3. The lowest BCUT2D eigenvalue weighted by molar-refractivity contribution is -0.136. The summed E-state index contributed by atoms with van der Waals surface area (Å²) in [4.78, 5) is 23.9. The van der Waals surface area contributed by atoms with Gasteiger partial charge in [0.05, 0.1) is 12.7 Å². The molecule has 0 aliphatic heterocycles. The third-order valence-electron chi connectivity index (χ3n) is 4.50. The van der Waals surface area contributed by atoms with Crippen LogP contribution in [0.25, 0.3) is 0 Å². The van der Waals surface area contributed by atoms with Gasteiger partial charge in [-0.1, -0.05) is 31.1 Å². The van der Waals surface area contributed by atoms with Crippen molar-refractivity contribution in [2.45, 2.75) is 45.4 Å². The number of methoxy groups -OCH3 is 1. The van der Waals surface area contributed by atoms with Crippen LogP contribution in [0, 0.1) is 23.3 Å². The molecule has 0 spiro atoms. The van der Waals surface area contributed by atoms with Crippen LogP contribution >= 0.6 is 0 Å². The Labute approximate surface area is 154 Å². The quantitative estimate of drug-likeness (QED) is 0.224. The fourth-order valence-electron chi connectivity index (χ4n) is 3.04. The number of ketones is 1. The Kier molecular flexibility index (Phi) is 6.57. The van der Waals surface area contributed by atoms with Gasteiger partial charge in [-0.25, -0.2) is 22.4 Å². The Bertz CT molecular complexity index is 811. The van der Waals surface area contributed by atoms with Crippen molar-refractivity contribution in [2.24, 2.45) is 0 Å². The summed E-state index contributed by atoms with van der Waals surface area (Å²) < 4.78 is 63.0. The number of hydrogen-bond donors (Lipinski definition) is 0. The number of benzene rings is 1. The number of carbonyl (C=O) groups excluding carboxylic acids is 2. The maximum Gasteiger partial charge on any atom is 0.334 e. The Hall–Kier alpha value is -2.44. The molecule has 0 radical (unpaired) electrons. The summed E-state index contributed by atoms with van der Waals surface area (Å²) >= 11 is 0. The lowest BCUT2D eigenvalue weighted by Gasteiger charge is -2.23. The van der Waals surface area contributed by atoms with Crippen molar-refractivity contribution >= 4 is 11.8 Å². The van der Waals surface area contributed by atoms with Gasteiger partial charge in [0.1, 0.15) is 0 Å². The molecule has 1 unspecified atom stereocenters. The molecule has 0 saturated heterocycles. The molecular formula is C20H20F4O3. The molecule has 0 aromatic heterocycles. The fourth-order valence-corrected chi connectivity index (χ4v) is 3.04. The van der Waals surface area contributed by atoms with Crippen molar-refractivity contribution in [3.8, 4) is 0 Å². The summed E-state index contributed by atoms with van der Waals surface area (Å²) in [5.41, 5.74) is -1.63. The van der Waals surface area contributed by atoms with Crippen LogP contribution in [0.4, 0.5) is 17.6 Å². The summed E-state index contributed by atoms with van der Waals surface area (Å²) in [6.45, 7) is 3.42. The van der Waals surface area contributed by atoms with Gasteiger partial charge in [-0.3, -0.25) is 4.79 Å². The van der Waals surface area contributed by atoms with E-state index in [2.05, 4.69) is 4.74 Å². The van der Waals surface area contributed by atoms with Gasteiger partial charge in [-0.05, 0) is 19.8 Å². The molecule has 1 atom stereocenters. The van der Waals surface area contributed by atoms with Gasteiger partial charge >= 0.3 is 5.97 Å². The van der Waals surface area contributed by atoms with E-state index in [0.717, 1.165) is 7.11 Å². The van der Waals surface area contributed by atoms with Crippen LogP contribution in [-0.2, 0) is 9.53 Å². The molecule has 0 bridgehead atoms. The monoisotopic (exact) mass is 384 g/mol. The van der Waals surface area contributed by atoms with Crippen molar-refractivity contribution in [2.75, 3.05) is 7.11 Å². The minimum absolute atomic E-state index is 0.121. The highest BCUT2D eigenvalue weighted by molar-refractivity contribution is 5.97. The van der Waals surface area contributed by atoms with Crippen LogP contribution < -0.4 is 0 Å². The van der Waals surface area contributed by atoms with Crippen molar-refractivity contribution < 1.29 is 31.9 Å². The smallest absolute Gasteiger partial charge is 0.334 e. The maximum absolute atomic E-state index is 14.7. The molecule has 3 nitrogen and oxygen atoms in total. The first-order chi connectivity index (χ1) is 12.7. The van der Waals surface area contributed by atoms with Crippen LogP contribution in [-0.4, -0.2) is 18.9 Å².